The molecule has 0 amide bonds. The molecular weight excluding hydrogens is 530 g/mol. The fourth-order valence-corrected chi connectivity index (χ4v) is 4.43. The second-order valence-corrected chi connectivity index (χ2v) is 9.52. The van der Waals surface area contributed by atoms with Crippen molar-refractivity contribution in [2.24, 2.45) is 9.98 Å². The van der Waals surface area contributed by atoms with Crippen LogP contribution < -0.4 is 0 Å². The van der Waals surface area contributed by atoms with Gasteiger partial charge in [-0.3, -0.25) is 20.2 Å². The van der Waals surface area contributed by atoms with Crippen molar-refractivity contribution in [1.82, 2.24) is 4.98 Å². The lowest BCUT2D eigenvalue weighted by Gasteiger charge is -2.12. The molecule has 0 aliphatic rings. The number of nitro benzene ring substituents is 2. The number of aromatic nitrogens is 1. The van der Waals surface area contributed by atoms with Gasteiger partial charge in [0, 0.05) is 35.4 Å². The third kappa shape index (κ3) is 6.15. The van der Waals surface area contributed by atoms with Gasteiger partial charge in [0.05, 0.1) is 44.0 Å². The molecule has 0 radical (unpaired) electrons. The molecule has 1 aromatic heterocycles. The molecule has 206 valence electrons. The lowest BCUT2D eigenvalue weighted by atomic mass is 10.0. The number of nitro groups is 2. The Morgan fingerprint density at radius 3 is 1.33 bits per heavy atom. The van der Waals surface area contributed by atoms with Crippen LogP contribution in [0, 0.1) is 34.1 Å². The van der Waals surface area contributed by atoms with E-state index in [1.807, 2.05) is 78.9 Å². The summed E-state index contributed by atoms with van der Waals surface area (Å²) in [6, 6.07) is 33.9. The molecule has 9 heteroatoms. The Balaban J connectivity index is 1.67. The van der Waals surface area contributed by atoms with Crippen LogP contribution in [0.5, 0.6) is 0 Å². The minimum absolute atomic E-state index is 0.00177. The summed E-state index contributed by atoms with van der Waals surface area (Å²) in [5.74, 6) is 0. The van der Waals surface area contributed by atoms with Gasteiger partial charge in [0.2, 0.25) is 0 Å². The van der Waals surface area contributed by atoms with Crippen LogP contribution in [0.25, 0.3) is 0 Å². The maximum Gasteiger partial charge on any atom is 0.269 e. The number of non-ortho nitro benzene ring substituents is 2. The van der Waals surface area contributed by atoms with Crippen molar-refractivity contribution in [3.63, 3.8) is 0 Å². The van der Waals surface area contributed by atoms with Crippen LogP contribution in [-0.4, -0.2) is 26.3 Å². The first kappa shape index (κ1) is 27.7. The molecular formula is C33H25N5O4. The van der Waals surface area contributed by atoms with Gasteiger partial charge in [0.15, 0.2) is 0 Å². The number of hydrogen-bond donors (Lipinski definition) is 0. The highest BCUT2D eigenvalue weighted by Gasteiger charge is 2.16. The van der Waals surface area contributed by atoms with E-state index in [4.69, 9.17) is 15.0 Å². The molecule has 0 unspecified atom stereocenters. The van der Waals surface area contributed by atoms with Crippen LogP contribution in [0.1, 0.15) is 33.6 Å². The minimum atomic E-state index is -0.430. The van der Waals surface area contributed by atoms with E-state index in [2.05, 4.69) is 0 Å². The monoisotopic (exact) mass is 555 g/mol. The Hall–Kier alpha value is -5.83. The number of pyridine rings is 1. The second kappa shape index (κ2) is 12.1. The highest BCUT2D eigenvalue weighted by Crippen LogP contribution is 2.28. The minimum Gasteiger partial charge on any atom is -0.258 e. The molecule has 0 aliphatic carbocycles. The standard InChI is InChI=1S/C33H25N5O4/c1-22-20-26(37(39)40)16-18-28(22)35-32(24-10-5-3-6-11-24)30-14-9-15-31(34-30)33(25-12-7-4-8-13-25)36-29-19-17-27(38(41)42)21-23(29)2/h3-21H,1-2H3. The molecule has 0 N–H and O–H groups in total. The molecule has 0 spiro atoms. The third-order valence-corrected chi connectivity index (χ3v) is 6.58. The van der Waals surface area contributed by atoms with Gasteiger partial charge in [-0.15, -0.1) is 0 Å². The quantitative estimate of drug-likeness (QED) is 0.110. The molecule has 1 heterocycles. The molecule has 0 atom stereocenters. The molecule has 4 aromatic carbocycles. The highest BCUT2D eigenvalue weighted by atomic mass is 16.6. The fourth-order valence-electron chi connectivity index (χ4n) is 4.43. The van der Waals surface area contributed by atoms with E-state index in [9.17, 15) is 20.2 Å². The Bertz CT molecular complexity index is 1720. The zero-order chi connectivity index (χ0) is 29.6. The van der Waals surface area contributed by atoms with Crippen molar-refractivity contribution >= 4 is 34.2 Å². The molecule has 9 nitrogen and oxygen atoms in total. The average molecular weight is 556 g/mol. The number of rotatable bonds is 8. The van der Waals surface area contributed by atoms with Gasteiger partial charge in [-0.2, -0.15) is 0 Å². The van der Waals surface area contributed by atoms with E-state index in [0.29, 0.717) is 45.3 Å². The van der Waals surface area contributed by atoms with Crippen molar-refractivity contribution in [3.05, 3.63) is 169 Å². The van der Waals surface area contributed by atoms with Crippen LogP contribution in [-0.2, 0) is 0 Å². The van der Waals surface area contributed by atoms with Gasteiger partial charge in [-0.25, -0.2) is 15.0 Å². The molecule has 5 aromatic rings. The first-order valence-corrected chi connectivity index (χ1v) is 13.1. The molecule has 0 saturated heterocycles. The van der Waals surface area contributed by atoms with E-state index in [1.165, 1.54) is 24.3 Å². The summed E-state index contributed by atoms with van der Waals surface area (Å²) >= 11 is 0. The number of aryl methyl sites for hydroxylation is 2. The lowest BCUT2D eigenvalue weighted by Crippen LogP contribution is -2.11. The van der Waals surface area contributed by atoms with E-state index >= 15 is 0 Å². The van der Waals surface area contributed by atoms with Gasteiger partial charge < -0.3 is 0 Å². The number of hydrogen-bond acceptors (Lipinski definition) is 7. The predicted octanol–water partition coefficient (Wildman–Crippen LogP) is 7.85. The number of aliphatic imine (C=N–C) groups is 2. The summed E-state index contributed by atoms with van der Waals surface area (Å²) in [6.07, 6.45) is 0. The van der Waals surface area contributed by atoms with Crippen molar-refractivity contribution < 1.29 is 9.85 Å². The normalized spacial score (nSPS) is 11.8. The first-order chi connectivity index (χ1) is 20.3. The van der Waals surface area contributed by atoms with E-state index < -0.39 is 9.85 Å². The number of nitrogens with zero attached hydrogens (tertiary/aromatic N) is 5. The van der Waals surface area contributed by atoms with Gasteiger partial charge in [-0.1, -0.05) is 66.7 Å². The predicted molar refractivity (Wildman–Crippen MR) is 163 cm³/mol. The van der Waals surface area contributed by atoms with Crippen molar-refractivity contribution in [2.75, 3.05) is 0 Å². The van der Waals surface area contributed by atoms with Crippen LogP contribution in [0.3, 0.4) is 0 Å². The zero-order valence-electron chi connectivity index (χ0n) is 22.8. The van der Waals surface area contributed by atoms with Crippen LogP contribution in [0.2, 0.25) is 0 Å². The molecule has 5 rings (SSSR count). The summed E-state index contributed by atoms with van der Waals surface area (Å²) in [5.41, 5.74) is 6.49. The highest BCUT2D eigenvalue weighted by molar-refractivity contribution is 6.16. The summed E-state index contributed by atoms with van der Waals surface area (Å²) in [5, 5.41) is 22.5. The van der Waals surface area contributed by atoms with E-state index in [1.54, 1.807) is 26.0 Å². The summed E-state index contributed by atoms with van der Waals surface area (Å²) in [7, 11) is 0. The van der Waals surface area contributed by atoms with E-state index in [0.717, 1.165) is 11.1 Å². The van der Waals surface area contributed by atoms with Crippen LogP contribution >= 0.6 is 0 Å². The Kier molecular flexibility index (Phi) is 8.01. The Morgan fingerprint density at radius 2 is 0.976 bits per heavy atom. The SMILES string of the molecule is Cc1cc([N+](=O)[O-])ccc1N=C(c1ccccc1)c1cccc(C(=Nc2ccc([N+](=O)[O-])cc2C)c2ccccc2)n1. The summed E-state index contributed by atoms with van der Waals surface area (Å²) in [4.78, 5) is 36.5. The first-order valence-electron chi connectivity index (χ1n) is 13.1. The van der Waals surface area contributed by atoms with Crippen LogP contribution in [0.15, 0.2) is 125 Å². The van der Waals surface area contributed by atoms with E-state index in [-0.39, 0.29) is 11.4 Å². The van der Waals surface area contributed by atoms with Crippen LogP contribution in [0.4, 0.5) is 22.7 Å². The second-order valence-electron chi connectivity index (χ2n) is 9.52. The van der Waals surface area contributed by atoms with Gasteiger partial charge in [-0.05, 0) is 49.2 Å². The molecule has 0 bridgehead atoms. The van der Waals surface area contributed by atoms with Gasteiger partial charge in [0.25, 0.3) is 11.4 Å². The topological polar surface area (TPSA) is 124 Å². The summed E-state index contributed by atoms with van der Waals surface area (Å²) < 4.78 is 0. The van der Waals surface area contributed by atoms with Crippen molar-refractivity contribution in [3.8, 4) is 0 Å². The number of benzene rings is 4. The molecule has 0 saturated carbocycles. The zero-order valence-corrected chi connectivity index (χ0v) is 22.8. The largest absolute Gasteiger partial charge is 0.269 e. The average Bonchev–Trinajstić information content (AvgIpc) is 3.00. The van der Waals surface area contributed by atoms with Crippen molar-refractivity contribution in [2.45, 2.75) is 13.8 Å². The Labute approximate surface area is 241 Å². The Morgan fingerprint density at radius 1 is 0.571 bits per heavy atom. The van der Waals surface area contributed by atoms with Crippen molar-refractivity contribution in [1.29, 1.82) is 0 Å². The fraction of sp³-hybridized carbons (Fsp3) is 0.0606. The third-order valence-electron chi connectivity index (χ3n) is 6.58. The smallest absolute Gasteiger partial charge is 0.258 e. The van der Waals surface area contributed by atoms with Gasteiger partial charge >= 0.3 is 0 Å². The molecule has 0 fully saturated rings. The molecule has 42 heavy (non-hydrogen) atoms. The lowest BCUT2D eigenvalue weighted by molar-refractivity contribution is -0.385. The maximum atomic E-state index is 11.3. The van der Waals surface area contributed by atoms with Gasteiger partial charge in [0.1, 0.15) is 0 Å². The molecule has 0 aliphatic heterocycles. The maximum absolute atomic E-state index is 11.3. The summed E-state index contributed by atoms with van der Waals surface area (Å²) in [6.45, 7) is 3.57.